The number of carbonyl (C=O) groups is 3. The number of hydrogen-bond donors (Lipinski definition) is 1. The molecule has 0 radical (unpaired) electrons. The number of nitrogens with zero attached hydrogens (tertiary/aromatic N) is 2. The molecule has 8 nitrogen and oxygen atoms in total. The molecule has 7 atom stereocenters. The quantitative estimate of drug-likeness (QED) is 0.310. The molecule has 1 spiro atoms. The van der Waals surface area contributed by atoms with E-state index >= 15 is 0 Å². The lowest BCUT2D eigenvalue weighted by Gasteiger charge is -2.42. The Labute approximate surface area is 235 Å². The lowest BCUT2D eigenvalue weighted by molar-refractivity contribution is -0.154. The number of amides is 2. The molecular weight excluding hydrogens is 516 g/mol. The normalized spacial score (nSPS) is 29.7. The maximum atomic E-state index is 14.7. The number of anilines is 1. The van der Waals surface area contributed by atoms with Crippen LogP contribution in [0.15, 0.2) is 49.6 Å². The average molecular weight is 557 g/mol. The second-order valence-electron chi connectivity index (χ2n) is 11.1. The first-order valence-corrected chi connectivity index (χ1v) is 14.5. The van der Waals surface area contributed by atoms with E-state index < -0.39 is 34.6 Å². The van der Waals surface area contributed by atoms with E-state index in [4.69, 9.17) is 9.47 Å². The first-order chi connectivity index (χ1) is 18.7. The molecule has 3 unspecified atom stereocenters. The lowest BCUT2D eigenvalue weighted by atomic mass is 9.66. The van der Waals surface area contributed by atoms with Crippen LogP contribution >= 0.6 is 11.8 Å². The summed E-state index contributed by atoms with van der Waals surface area (Å²) < 4.78 is 9.95. The Morgan fingerprint density at radius 2 is 1.95 bits per heavy atom. The van der Waals surface area contributed by atoms with Gasteiger partial charge in [-0.15, -0.1) is 18.3 Å². The van der Waals surface area contributed by atoms with Crippen LogP contribution in [-0.2, 0) is 19.1 Å². The number of ether oxygens (including phenoxy) is 2. The van der Waals surface area contributed by atoms with Gasteiger partial charge in [-0.1, -0.05) is 39.5 Å². The van der Waals surface area contributed by atoms with Gasteiger partial charge in [0.15, 0.2) is 0 Å². The Kier molecular flexibility index (Phi) is 8.81. The maximum Gasteiger partial charge on any atom is 0.311 e. The number of rotatable bonds is 12. The molecule has 9 heteroatoms. The molecule has 2 bridgehead atoms. The highest BCUT2D eigenvalue weighted by atomic mass is 32.2. The molecule has 3 aliphatic heterocycles. The number of thioether (sulfide) groups is 1. The molecule has 1 N–H and O–H groups in total. The molecule has 212 valence electrons. The van der Waals surface area contributed by atoms with Gasteiger partial charge in [0, 0.05) is 17.5 Å². The fourth-order valence-corrected chi connectivity index (χ4v) is 9.21. The number of benzene rings is 1. The van der Waals surface area contributed by atoms with Crippen molar-refractivity contribution in [3.63, 3.8) is 0 Å². The molecule has 0 saturated carbocycles. The van der Waals surface area contributed by atoms with Crippen LogP contribution < -0.4 is 9.64 Å². The average Bonchev–Trinajstić information content (AvgIpc) is 3.52. The minimum Gasteiger partial charge on any atom is -0.497 e. The van der Waals surface area contributed by atoms with E-state index in [1.54, 1.807) is 46.9 Å². The number of esters is 1. The van der Waals surface area contributed by atoms with Crippen molar-refractivity contribution in [2.75, 3.05) is 31.8 Å². The van der Waals surface area contributed by atoms with E-state index in [2.05, 4.69) is 20.1 Å². The number of fused-ring (bicyclic) bond motifs is 1. The number of methoxy groups -OCH3 is 1. The van der Waals surface area contributed by atoms with Gasteiger partial charge in [-0.05, 0) is 48.9 Å². The summed E-state index contributed by atoms with van der Waals surface area (Å²) in [5.41, 5.74) is 0.657. The van der Waals surface area contributed by atoms with Crippen LogP contribution in [0.1, 0.15) is 33.6 Å². The molecule has 0 aromatic heterocycles. The van der Waals surface area contributed by atoms with E-state index in [-0.39, 0.29) is 48.7 Å². The Bertz CT molecular complexity index is 1110. The predicted molar refractivity (Wildman–Crippen MR) is 153 cm³/mol. The monoisotopic (exact) mass is 556 g/mol. The molecule has 3 heterocycles. The maximum absolute atomic E-state index is 14.7. The van der Waals surface area contributed by atoms with Gasteiger partial charge in [0.1, 0.15) is 18.4 Å². The van der Waals surface area contributed by atoms with Crippen LogP contribution in [-0.4, -0.2) is 76.7 Å². The van der Waals surface area contributed by atoms with Crippen LogP contribution in [0.4, 0.5) is 5.69 Å². The van der Waals surface area contributed by atoms with Gasteiger partial charge in [0.05, 0.1) is 36.3 Å². The molecule has 1 aromatic rings. The number of aliphatic hydroxyl groups excluding tert-OH is 1. The van der Waals surface area contributed by atoms with Crippen molar-refractivity contribution in [3.05, 3.63) is 49.6 Å². The zero-order valence-electron chi connectivity index (χ0n) is 23.2. The van der Waals surface area contributed by atoms with Crippen LogP contribution in [0.2, 0.25) is 0 Å². The molecule has 2 amide bonds. The van der Waals surface area contributed by atoms with Gasteiger partial charge in [-0.25, -0.2) is 0 Å². The largest absolute Gasteiger partial charge is 0.497 e. The van der Waals surface area contributed by atoms with Crippen LogP contribution in [0.25, 0.3) is 0 Å². The van der Waals surface area contributed by atoms with E-state index in [0.29, 0.717) is 24.3 Å². The summed E-state index contributed by atoms with van der Waals surface area (Å²) in [6.07, 6.45) is 4.41. The number of hydrogen-bond acceptors (Lipinski definition) is 7. The molecule has 3 saturated heterocycles. The van der Waals surface area contributed by atoms with Crippen molar-refractivity contribution >= 4 is 35.2 Å². The third-order valence-corrected chi connectivity index (χ3v) is 10.4. The van der Waals surface area contributed by atoms with Crippen LogP contribution in [0, 0.1) is 23.7 Å². The summed E-state index contributed by atoms with van der Waals surface area (Å²) in [4.78, 5) is 45.6. The van der Waals surface area contributed by atoms with Crippen molar-refractivity contribution < 1.29 is 29.0 Å². The Morgan fingerprint density at radius 3 is 2.51 bits per heavy atom. The van der Waals surface area contributed by atoms with Gasteiger partial charge in [0.25, 0.3) is 5.91 Å². The topological polar surface area (TPSA) is 96.4 Å². The highest BCUT2D eigenvalue weighted by Crippen LogP contribution is 2.69. The van der Waals surface area contributed by atoms with E-state index in [9.17, 15) is 19.5 Å². The SMILES string of the molecule is C=CCOC(=O)[C@@H]1[C@@H]2CC(C)C3(S2)C(C(=O)N(CC=C)c2ccc(OC)cc2)N([C@@H](CO)CC(C)C)C(=O)[C@H]13. The van der Waals surface area contributed by atoms with Gasteiger partial charge < -0.3 is 24.4 Å². The van der Waals surface area contributed by atoms with E-state index in [1.165, 1.54) is 6.08 Å². The van der Waals surface area contributed by atoms with Crippen molar-refractivity contribution in [1.82, 2.24) is 4.90 Å². The summed E-state index contributed by atoms with van der Waals surface area (Å²) in [6, 6.07) is 5.80. The van der Waals surface area contributed by atoms with Gasteiger partial charge >= 0.3 is 5.97 Å². The summed E-state index contributed by atoms with van der Waals surface area (Å²) in [5.74, 6) is -1.40. The standard InChI is InChI=1S/C30H40N2O6S/c1-7-13-31(20-9-11-22(37-6)12-10-20)28(35)26-30-19(5)16-23(39-30)24(29(36)38-14-8-2)25(30)27(34)32(26)21(17-33)15-18(3)4/h7-12,18-19,21,23-26,33H,1-2,13-17H2,3-6H3/t19?,21-,23+,24-,25+,26?,30?/m1/s1. The first kappa shape index (κ1) is 29.2. The van der Waals surface area contributed by atoms with Crippen molar-refractivity contribution in [3.8, 4) is 5.75 Å². The Morgan fingerprint density at radius 1 is 1.26 bits per heavy atom. The highest BCUT2D eigenvalue weighted by molar-refractivity contribution is 8.02. The van der Waals surface area contributed by atoms with Gasteiger partial charge in [0.2, 0.25) is 5.91 Å². The number of likely N-dealkylation sites (tertiary alicyclic amines) is 1. The van der Waals surface area contributed by atoms with Crippen molar-refractivity contribution in [1.29, 1.82) is 0 Å². The fourth-order valence-electron chi connectivity index (χ4n) is 6.82. The summed E-state index contributed by atoms with van der Waals surface area (Å²) >= 11 is 1.59. The van der Waals surface area contributed by atoms with E-state index in [0.717, 1.165) is 0 Å². The summed E-state index contributed by atoms with van der Waals surface area (Å²) in [7, 11) is 1.58. The molecule has 39 heavy (non-hydrogen) atoms. The Hall–Kier alpha value is -2.78. The molecule has 3 fully saturated rings. The third-order valence-electron chi connectivity index (χ3n) is 8.34. The minimum atomic E-state index is -0.852. The molecule has 4 rings (SSSR count). The zero-order valence-corrected chi connectivity index (χ0v) is 24.1. The molecule has 3 aliphatic rings. The summed E-state index contributed by atoms with van der Waals surface area (Å²) in [5, 5.41) is 10.4. The van der Waals surface area contributed by atoms with E-state index in [1.807, 2.05) is 26.0 Å². The lowest BCUT2D eigenvalue weighted by Crippen LogP contribution is -2.59. The van der Waals surface area contributed by atoms with Gasteiger partial charge in [-0.2, -0.15) is 0 Å². The third kappa shape index (κ3) is 4.88. The second-order valence-corrected chi connectivity index (χ2v) is 12.7. The number of carbonyl (C=O) groups excluding carboxylic acids is 3. The van der Waals surface area contributed by atoms with Gasteiger partial charge in [-0.3, -0.25) is 14.4 Å². The van der Waals surface area contributed by atoms with Crippen molar-refractivity contribution in [2.24, 2.45) is 23.7 Å². The fraction of sp³-hybridized carbons (Fsp3) is 0.567. The Balaban J connectivity index is 1.83. The second kappa shape index (κ2) is 11.8. The highest BCUT2D eigenvalue weighted by Gasteiger charge is 2.77. The van der Waals surface area contributed by atoms with Crippen LogP contribution in [0.3, 0.4) is 0 Å². The minimum absolute atomic E-state index is 0.00342. The zero-order chi connectivity index (χ0) is 28.5. The van der Waals surface area contributed by atoms with Crippen molar-refractivity contribution in [2.45, 2.75) is 55.7 Å². The molecule has 1 aromatic carbocycles. The first-order valence-electron chi connectivity index (χ1n) is 13.6. The molecule has 0 aliphatic carbocycles. The smallest absolute Gasteiger partial charge is 0.311 e. The summed E-state index contributed by atoms with van der Waals surface area (Å²) in [6.45, 7) is 13.7. The molecular formula is C30H40N2O6S. The van der Waals surface area contributed by atoms with Crippen LogP contribution in [0.5, 0.6) is 5.75 Å². The number of aliphatic hydroxyl groups is 1. The predicted octanol–water partition coefficient (Wildman–Crippen LogP) is 3.69.